The molecule has 7 heteroatoms. The number of carbonyl (C=O) groups excluding carboxylic acids is 1. The van der Waals surface area contributed by atoms with Gasteiger partial charge in [-0.05, 0) is 39.7 Å². The van der Waals surface area contributed by atoms with Crippen LogP contribution in [0.4, 0.5) is 4.79 Å². The number of H-pyrrole nitrogens is 2. The minimum atomic E-state index is -0.386. The van der Waals surface area contributed by atoms with Crippen molar-refractivity contribution in [3.63, 3.8) is 0 Å². The first kappa shape index (κ1) is 17.3. The van der Waals surface area contributed by atoms with Gasteiger partial charge in [0.1, 0.15) is 16.8 Å². The van der Waals surface area contributed by atoms with Gasteiger partial charge in [-0.15, -0.1) is 0 Å². The molecular weight excluding hydrogens is 318 g/mol. The Hall–Kier alpha value is -2.57. The third kappa shape index (κ3) is 4.49. The molecule has 0 bridgehead atoms. The zero-order valence-electron chi connectivity index (χ0n) is 14.9. The molecule has 0 atom stereocenters. The van der Waals surface area contributed by atoms with Crippen LogP contribution in [-0.2, 0) is 4.74 Å². The van der Waals surface area contributed by atoms with Crippen LogP contribution in [0.1, 0.15) is 46.5 Å². The van der Waals surface area contributed by atoms with Crippen molar-refractivity contribution in [3.8, 4) is 0 Å². The summed E-state index contributed by atoms with van der Waals surface area (Å²) in [5.41, 5.74) is 2.45. The number of alkyl carbamates (subject to hydrolysis) is 1. The number of imidazole rings is 1. The lowest BCUT2D eigenvalue weighted by atomic mass is 10.2. The second kappa shape index (κ2) is 7.13. The summed E-state index contributed by atoms with van der Waals surface area (Å²) in [6.45, 7) is 5.63. The molecule has 0 aromatic carbocycles. The van der Waals surface area contributed by atoms with Gasteiger partial charge >= 0.3 is 6.09 Å². The normalized spacial score (nSPS) is 15.2. The van der Waals surface area contributed by atoms with Gasteiger partial charge < -0.3 is 20.0 Å². The van der Waals surface area contributed by atoms with E-state index in [4.69, 9.17) is 4.74 Å². The lowest BCUT2D eigenvalue weighted by Gasteiger charge is -2.21. The molecule has 4 rings (SSSR count). The maximum atomic E-state index is 11.3. The lowest BCUT2D eigenvalue weighted by molar-refractivity contribution is 0.0505. The third-order valence-electron chi connectivity index (χ3n) is 4.05. The monoisotopic (exact) mass is 343 g/mol. The summed E-state index contributed by atoms with van der Waals surface area (Å²) in [5.74, 6) is 0. The van der Waals surface area contributed by atoms with Crippen molar-refractivity contribution in [2.45, 2.75) is 58.1 Å². The summed E-state index contributed by atoms with van der Waals surface area (Å²) < 4.78 is 5.15. The van der Waals surface area contributed by atoms with Gasteiger partial charge in [0.05, 0.1) is 18.0 Å². The highest BCUT2D eigenvalue weighted by molar-refractivity contribution is 6.00. The van der Waals surface area contributed by atoms with Gasteiger partial charge in [0.15, 0.2) is 0 Å². The second-order valence-corrected chi connectivity index (χ2v) is 7.29. The molecule has 3 heterocycles. The van der Waals surface area contributed by atoms with E-state index in [1.807, 2.05) is 33.0 Å². The Morgan fingerprint density at radius 3 is 2.72 bits per heavy atom. The Balaban J connectivity index is 0.000000146. The number of rotatable bonds is 1. The van der Waals surface area contributed by atoms with E-state index >= 15 is 0 Å². The SMILES string of the molecule is CC(C)(C)OC(=O)NC1CCCC1.c1nc2c(cnc3[nH]ccc32)[nH]1. The van der Waals surface area contributed by atoms with Crippen molar-refractivity contribution in [1.29, 1.82) is 0 Å². The van der Waals surface area contributed by atoms with Crippen molar-refractivity contribution >= 4 is 28.2 Å². The van der Waals surface area contributed by atoms with Crippen molar-refractivity contribution in [2.75, 3.05) is 0 Å². The van der Waals surface area contributed by atoms with E-state index in [1.165, 1.54) is 12.8 Å². The largest absolute Gasteiger partial charge is 0.444 e. The van der Waals surface area contributed by atoms with E-state index in [1.54, 1.807) is 12.5 Å². The maximum absolute atomic E-state index is 11.3. The summed E-state index contributed by atoms with van der Waals surface area (Å²) in [7, 11) is 0. The van der Waals surface area contributed by atoms with Crippen LogP contribution < -0.4 is 5.32 Å². The van der Waals surface area contributed by atoms with Gasteiger partial charge in [-0.25, -0.2) is 14.8 Å². The molecule has 1 saturated carbocycles. The molecule has 0 aliphatic heterocycles. The summed E-state index contributed by atoms with van der Waals surface area (Å²) >= 11 is 0. The summed E-state index contributed by atoms with van der Waals surface area (Å²) in [4.78, 5) is 25.8. The molecule has 0 radical (unpaired) electrons. The van der Waals surface area contributed by atoms with Crippen molar-refractivity contribution < 1.29 is 9.53 Å². The molecular formula is C18H25N5O2. The molecule has 1 fully saturated rings. The zero-order chi connectivity index (χ0) is 17.9. The second-order valence-electron chi connectivity index (χ2n) is 7.29. The van der Waals surface area contributed by atoms with Crippen molar-refractivity contribution in [1.82, 2.24) is 25.3 Å². The van der Waals surface area contributed by atoms with Crippen LogP contribution in [-0.4, -0.2) is 37.7 Å². The van der Waals surface area contributed by atoms with Crippen LogP contribution in [0.3, 0.4) is 0 Å². The highest BCUT2D eigenvalue weighted by Gasteiger charge is 2.21. The van der Waals surface area contributed by atoms with E-state index in [0.717, 1.165) is 34.9 Å². The predicted octanol–water partition coefficient (Wildman–Crippen LogP) is 3.89. The minimum Gasteiger partial charge on any atom is -0.444 e. The highest BCUT2D eigenvalue weighted by Crippen LogP contribution is 2.19. The number of aromatic nitrogens is 4. The van der Waals surface area contributed by atoms with Crippen molar-refractivity contribution in [2.24, 2.45) is 0 Å². The molecule has 3 aromatic heterocycles. The molecule has 134 valence electrons. The first-order chi connectivity index (χ1) is 11.9. The van der Waals surface area contributed by atoms with Crippen LogP contribution in [0.15, 0.2) is 24.8 Å². The Kier molecular flexibility index (Phi) is 4.92. The molecule has 1 aliphatic rings. The summed E-state index contributed by atoms with van der Waals surface area (Å²) in [6, 6.07) is 2.32. The molecule has 0 unspecified atom stereocenters. The van der Waals surface area contributed by atoms with Gasteiger partial charge in [-0.1, -0.05) is 12.8 Å². The molecule has 7 nitrogen and oxygen atoms in total. The van der Waals surface area contributed by atoms with Gasteiger partial charge in [0.25, 0.3) is 0 Å². The number of carbonyl (C=O) groups is 1. The fraction of sp³-hybridized carbons (Fsp3) is 0.500. The molecule has 25 heavy (non-hydrogen) atoms. The number of hydrogen-bond donors (Lipinski definition) is 3. The third-order valence-corrected chi connectivity index (χ3v) is 4.05. The topological polar surface area (TPSA) is 95.7 Å². The van der Waals surface area contributed by atoms with E-state index in [-0.39, 0.29) is 11.7 Å². The molecule has 3 aromatic rings. The van der Waals surface area contributed by atoms with E-state index < -0.39 is 0 Å². The number of ether oxygens (including phenoxy) is 1. The Morgan fingerprint density at radius 2 is 2.00 bits per heavy atom. The fourth-order valence-electron chi connectivity index (χ4n) is 2.95. The number of aromatic amines is 2. The molecule has 0 spiro atoms. The number of hydrogen-bond acceptors (Lipinski definition) is 4. The summed E-state index contributed by atoms with van der Waals surface area (Å²) in [6.07, 6.45) is 9.69. The molecule has 0 saturated heterocycles. The van der Waals surface area contributed by atoms with Gasteiger partial charge in [0.2, 0.25) is 0 Å². The van der Waals surface area contributed by atoms with Gasteiger partial charge in [0, 0.05) is 17.6 Å². The average molecular weight is 343 g/mol. The number of nitrogens with zero attached hydrogens (tertiary/aromatic N) is 2. The summed E-state index contributed by atoms with van der Waals surface area (Å²) in [5, 5.41) is 3.94. The van der Waals surface area contributed by atoms with Crippen LogP contribution in [0.25, 0.3) is 22.1 Å². The van der Waals surface area contributed by atoms with Crippen molar-refractivity contribution in [3.05, 3.63) is 24.8 Å². The molecule has 1 amide bonds. The number of amides is 1. The van der Waals surface area contributed by atoms with Gasteiger partial charge in [-0.3, -0.25) is 0 Å². The van der Waals surface area contributed by atoms with Gasteiger partial charge in [-0.2, -0.15) is 0 Å². The number of nitrogens with one attached hydrogen (secondary N) is 3. The number of pyridine rings is 1. The minimum absolute atomic E-state index is 0.278. The van der Waals surface area contributed by atoms with E-state index in [0.29, 0.717) is 6.04 Å². The predicted molar refractivity (Wildman–Crippen MR) is 97.4 cm³/mol. The maximum Gasteiger partial charge on any atom is 0.407 e. The fourth-order valence-corrected chi connectivity index (χ4v) is 2.95. The molecule has 1 aliphatic carbocycles. The van der Waals surface area contributed by atoms with Crippen LogP contribution in [0.5, 0.6) is 0 Å². The van der Waals surface area contributed by atoms with E-state index in [9.17, 15) is 4.79 Å². The number of fused-ring (bicyclic) bond motifs is 3. The Bertz CT molecular complexity index is 790. The first-order valence-corrected chi connectivity index (χ1v) is 8.67. The standard InChI is InChI=1S/C10H19NO2.C8H6N4/c1-10(2,3)13-9(12)11-8-6-4-5-7-8;1-2-9-8-5(1)7-6(3-10-8)11-4-12-7/h8H,4-7H2,1-3H3,(H,11,12);1-4H,(H,9,10)(H,11,12). The smallest absolute Gasteiger partial charge is 0.407 e. The Labute approximate surface area is 146 Å². The highest BCUT2D eigenvalue weighted by atomic mass is 16.6. The van der Waals surface area contributed by atoms with Crippen LogP contribution >= 0.6 is 0 Å². The van der Waals surface area contributed by atoms with Crippen LogP contribution in [0.2, 0.25) is 0 Å². The zero-order valence-corrected chi connectivity index (χ0v) is 14.9. The van der Waals surface area contributed by atoms with Crippen LogP contribution in [0, 0.1) is 0 Å². The Morgan fingerprint density at radius 1 is 1.24 bits per heavy atom. The quantitative estimate of drug-likeness (QED) is 0.624. The lowest BCUT2D eigenvalue weighted by Crippen LogP contribution is -2.37. The molecule has 3 N–H and O–H groups in total. The van der Waals surface area contributed by atoms with E-state index in [2.05, 4.69) is 25.3 Å². The first-order valence-electron chi connectivity index (χ1n) is 8.67. The average Bonchev–Trinajstić information content (AvgIpc) is 3.26.